The maximum atomic E-state index is 9.06. The van der Waals surface area contributed by atoms with Gasteiger partial charge in [-0.05, 0) is 41.4 Å². The Hall–Kier alpha value is -0.450. The molecule has 0 fully saturated rings. The Morgan fingerprint density at radius 3 is 2.77 bits per heavy atom. The smallest absolute Gasteiger partial charge is 0.0800 e. The van der Waals surface area contributed by atoms with Crippen LogP contribution in [0.15, 0.2) is 16.7 Å². The molecule has 13 heavy (non-hydrogen) atoms. The molecule has 72 valence electrons. The van der Waals surface area contributed by atoms with Crippen molar-refractivity contribution in [3.63, 3.8) is 0 Å². The molecule has 0 aliphatic heterocycles. The van der Waals surface area contributed by atoms with E-state index in [4.69, 9.17) is 10.8 Å². The van der Waals surface area contributed by atoms with Crippen molar-refractivity contribution in [2.75, 3.05) is 6.61 Å². The Kier molecular flexibility index (Phi) is 3.05. The molecular weight excluding hydrogens is 232 g/mol. The molecule has 0 aromatic carbocycles. The molecule has 3 nitrogen and oxygen atoms in total. The summed E-state index contributed by atoms with van der Waals surface area (Å²) in [6.07, 6.45) is 1.74. The summed E-state index contributed by atoms with van der Waals surface area (Å²) >= 11 is 3.37. The summed E-state index contributed by atoms with van der Waals surface area (Å²) in [4.78, 5) is 4.19. The second kappa shape index (κ2) is 3.74. The molecular formula is C9H13BrN2O. The van der Waals surface area contributed by atoms with Crippen LogP contribution in [0.3, 0.4) is 0 Å². The number of pyridine rings is 1. The average Bonchev–Trinajstić information content (AvgIpc) is 2.03. The minimum atomic E-state index is -0.785. The SMILES string of the molecule is Cc1cnc(C(C)(N)CO)c(Br)c1. The maximum absolute atomic E-state index is 9.06. The molecule has 1 aromatic rings. The van der Waals surface area contributed by atoms with Gasteiger partial charge < -0.3 is 10.8 Å². The molecule has 1 rings (SSSR count). The van der Waals surface area contributed by atoms with Crippen LogP contribution in [0.25, 0.3) is 0 Å². The second-order valence-electron chi connectivity index (χ2n) is 3.42. The van der Waals surface area contributed by atoms with Gasteiger partial charge in [-0.25, -0.2) is 0 Å². The number of aryl methyl sites for hydroxylation is 1. The molecule has 1 unspecified atom stereocenters. The van der Waals surface area contributed by atoms with Gasteiger partial charge in [0.2, 0.25) is 0 Å². The van der Waals surface area contributed by atoms with Crippen molar-refractivity contribution < 1.29 is 5.11 Å². The van der Waals surface area contributed by atoms with Gasteiger partial charge in [-0.15, -0.1) is 0 Å². The number of hydrogen-bond acceptors (Lipinski definition) is 3. The van der Waals surface area contributed by atoms with E-state index in [0.717, 1.165) is 10.0 Å². The lowest BCUT2D eigenvalue weighted by molar-refractivity contribution is 0.206. The molecule has 1 aromatic heterocycles. The van der Waals surface area contributed by atoms with Gasteiger partial charge in [-0.3, -0.25) is 4.98 Å². The normalized spacial score (nSPS) is 15.5. The highest BCUT2D eigenvalue weighted by molar-refractivity contribution is 9.10. The molecule has 0 spiro atoms. The zero-order chi connectivity index (χ0) is 10.1. The van der Waals surface area contributed by atoms with Crippen LogP contribution in [0.5, 0.6) is 0 Å². The van der Waals surface area contributed by atoms with Crippen LogP contribution < -0.4 is 5.73 Å². The van der Waals surface area contributed by atoms with E-state index in [1.807, 2.05) is 13.0 Å². The first kappa shape index (κ1) is 10.6. The van der Waals surface area contributed by atoms with E-state index in [0.29, 0.717) is 5.69 Å². The lowest BCUT2D eigenvalue weighted by atomic mass is 10.00. The Labute approximate surface area is 86.1 Å². The summed E-state index contributed by atoms with van der Waals surface area (Å²) in [5.41, 5.74) is 6.80. The van der Waals surface area contributed by atoms with Gasteiger partial charge >= 0.3 is 0 Å². The Morgan fingerprint density at radius 1 is 1.69 bits per heavy atom. The van der Waals surface area contributed by atoms with Crippen LogP contribution in [-0.4, -0.2) is 16.7 Å². The molecule has 0 saturated carbocycles. The predicted molar refractivity (Wildman–Crippen MR) is 55.3 cm³/mol. The van der Waals surface area contributed by atoms with E-state index >= 15 is 0 Å². The molecule has 3 N–H and O–H groups in total. The average molecular weight is 245 g/mol. The molecule has 0 saturated heterocycles. The van der Waals surface area contributed by atoms with E-state index in [-0.39, 0.29) is 6.61 Å². The van der Waals surface area contributed by atoms with Gasteiger partial charge in [0, 0.05) is 10.7 Å². The van der Waals surface area contributed by atoms with Crippen molar-refractivity contribution in [1.82, 2.24) is 4.98 Å². The van der Waals surface area contributed by atoms with Crippen LogP contribution in [0, 0.1) is 6.92 Å². The van der Waals surface area contributed by atoms with Crippen LogP contribution >= 0.6 is 15.9 Å². The fraction of sp³-hybridized carbons (Fsp3) is 0.444. The lowest BCUT2D eigenvalue weighted by Crippen LogP contribution is -2.38. The van der Waals surface area contributed by atoms with Gasteiger partial charge in [0.15, 0.2) is 0 Å². The van der Waals surface area contributed by atoms with Crippen molar-refractivity contribution >= 4 is 15.9 Å². The first-order chi connectivity index (χ1) is 5.97. The number of rotatable bonds is 2. The summed E-state index contributed by atoms with van der Waals surface area (Å²) < 4.78 is 0.839. The van der Waals surface area contributed by atoms with E-state index in [1.165, 1.54) is 0 Å². The van der Waals surface area contributed by atoms with Crippen LogP contribution in [0.4, 0.5) is 0 Å². The molecule has 1 heterocycles. The Morgan fingerprint density at radius 2 is 2.31 bits per heavy atom. The zero-order valence-corrected chi connectivity index (χ0v) is 9.30. The lowest BCUT2D eigenvalue weighted by Gasteiger charge is -2.22. The van der Waals surface area contributed by atoms with Crippen LogP contribution in [0.2, 0.25) is 0 Å². The number of nitrogens with zero attached hydrogens (tertiary/aromatic N) is 1. The molecule has 0 radical (unpaired) electrons. The Balaban J connectivity index is 3.16. The Bertz CT molecular complexity index is 312. The van der Waals surface area contributed by atoms with E-state index in [2.05, 4.69) is 20.9 Å². The standard InChI is InChI=1S/C9H13BrN2O/c1-6-3-7(10)8(12-4-6)9(2,11)5-13/h3-4,13H,5,11H2,1-2H3. The van der Waals surface area contributed by atoms with Crippen molar-refractivity contribution in [3.8, 4) is 0 Å². The quantitative estimate of drug-likeness (QED) is 0.826. The molecule has 0 bridgehead atoms. The fourth-order valence-electron chi connectivity index (χ4n) is 1.03. The van der Waals surface area contributed by atoms with Crippen LogP contribution in [0.1, 0.15) is 18.2 Å². The van der Waals surface area contributed by atoms with Gasteiger partial charge in [0.25, 0.3) is 0 Å². The highest BCUT2D eigenvalue weighted by atomic mass is 79.9. The van der Waals surface area contributed by atoms with Gasteiger partial charge in [0.05, 0.1) is 17.8 Å². The van der Waals surface area contributed by atoms with Gasteiger partial charge in [-0.2, -0.15) is 0 Å². The topological polar surface area (TPSA) is 59.1 Å². The third-order valence-electron chi connectivity index (χ3n) is 1.85. The minimum absolute atomic E-state index is 0.123. The first-order valence-corrected chi connectivity index (χ1v) is 4.79. The fourth-order valence-corrected chi connectivity index (χ4v) is 1.95. The van der Waals surface area contributed by atoms with Crippen molar-refractivity contribution in [1.29, 1.82) is 0 Å². The minimum Gasteiger partial charge on any atom is -0.394 e. The molecule has 0 amide bonds. The highest BCUT2D eigenvalue weighted by Crippen LogP contribution is 2.24. The number of aliphatic hydroxyl groups excluding tert-OH is 1. The summed E-state index contributed by atoms with van der Waals surface area (Å²) in [5.74, 6) is 0. The largest absolute Gasteiger partial charge is 0.394 e. The highest BCUT2D eigenvalue weighted by Gasteiger charge is 2.24. The number of aliphatic hydroxyl groups is 1. The summed E-state index contributed by atoms with van der Waals surface area (Å²) in [5, 5.41) is 9.06. The van der Waals surface area contributed by atoms with Gasteiger partial charge in [0.1, 0.15) is 0 Å². The molecule has 0 aliphatic rings. The third-order valence-corrected chi connectivity index (χ3v) is 2.45. The van der Waals surface area contributed by atoms with Crippen LogP contribution in [-0.2, 0) is 5.54 Å². The van der Waals surface area contributed by atoms with Crippen molar-refractivity contribution in [3.05, 3.63) is 28.0 Å². The first-order valence-electron chi connectivity index (χ1n) is 4.00. The zero-order valence-electron chi connectivity index (χ0n) is 7.71. The molecule has 4 heteroatoms. The number of aromatic nitrogens is 1. The number of nitrogens with two attached hydrogens (primary N) is 1. The summed E-state index contributed by atoms with van der Waals surface area (Å²) in [6.45, 7) is 3.57. The predicted octanol–water partition coefficient (Wildman–Crippen LogP) is 1.32. The van der Waals surface area contributed by atoms with E-state index in [1.54, 1.807) is 13.1 Å². The van der Waals surface area contributed by atoms with E-state index in [9.17, 15) is 0 Å². The maximum Gasteiger partial charge on any atom is 0.0800 e. The number of hydrogen-bond donors (Lipinski definition) is 2. The molecule has 1 atom stereocenters. The van der Waals surface area contributed by atoms with Crippen molar-refractivity contribution in [2.45, 2.75) is 19.4 Å². The number of halogens is 1. The van der Waals surface area contributed by atoms with E-state index < -0.39 is 5.54 Å². The second-order valence-corrected chi connectivity index (χ2v) is 4.27. The summed E-state index contributed by atoms with van der Waals surface area (Å²) in [7, 11) is 0. The molecule has 0 aliphatic carbocycles. The summed E-state index contributed by atoms with van der Waals surface area (Å²) in [6, 6.07) is 1.93. The third kappa shape index (κ3) is 2.27. The van der Waals surface area contributed by atoms with Crippen molar-refractivity contribution in [2.24, 2.45) is 5.73 Å². The van der Waals surface area contributed by atoms with Gasteiger partial charge in [-0.1, -0.05) is 0 Å². The monoisotopic (exact) mass is 244 g/mol.